The fourth-order valence-corrected chi connectivity index (χ4v) is 2.35. The normalized spacial score (nSPS) is 22.0. The summed E-state index contributed by atoms with van der Waals surface area (Å²) in [5, 5.41) is 6.48. The molecular formula is C14H17ClF3N3. The second-order valence-corrected chi connectivity index (χ2v) is 5.45. The number of hydrogen-bond acceptors (Lipinski definition) is 1. The Morgan fingerprint density at radius 2 is 2.19 bits per heavy atom. The molecule has 0 aromatic heterocycles. The lowest BCUT2D eigenvalue weighted by Gasteiger charge is -2.13. The van der Waals surface area contributed by atoms with E-state index in [1.807, 2.05) is 24.3 Å². The quantitative estimate of drug-likeness (QED) is 0.660. The van der Waals surface area contributed by atoms with E-state index >= 15 is 0 Å². The first-order valence-corrected chi connectivity index (χ1v) is 7.06. The maximum atomic E-state index is 12.1. The van der Waals surface area contributed by atoms with Crippen LogP contribution in [0.4, 0.5) is 13.2 Å². The van der Waals surface area contributed by atoms with Gasteiger partial charge in [-0.3, -0.25) is 4.99 Å². The van der Waals surface area contributed by atoms with E-state index in [4.69, 9.17) is 11.6 Å². The number of aliphatic imine (C=N–C) groups is 1. The van der Waals surface area contributed by atoms with Crippen molar-refractivity contribution in [2.24, 2.45) is 4.99 Å². The summed E-state index contributed by atoms with van der Waals surface area (Å²) in [6, 6.07) is 7.79. The van der Waals surface area contributed by atoms with Gasteiger partial charge in [0.25, 0.3) is 0 Å². The Labute approximate surface area is 126 Å². The highest BCUT2D eigenvalue weighted by atomic mass is 35.5. The highest BCUT2D eigenvalue weighted by Crippen LogP contribution is 2.41. The predicted molar refractivity (Wildman–Crippen MR) is 77.8 cm³/mol. The topological polar surface area (TPSA) is 36.4 Å². The zero-order valence-electron chi connectivity index (χ0n) is 11.5. The van der Waals surface area contributed by atoms with Gasteiger partial charge in [-0.2, -0.15) is 13.2 Å². The van der Waals surface area contributed by atoms with Gasteiger partial charge in [-0.15, -0.1) is 0 Å². The maximum absolute atomic E-state index is 12.1. The predicted octanol–water partition coefficient (Wildman–Crippen LogP) is 3.31. The lowest BCUT2D eigenvalue weighted by Crippen LogP contribution is -2.40. The second-order valence-electron chi connectivity index (χ2n) is 5.01. The molecule has 1 saturated carbocycles. The van der Waals surface area contributed by atoms with Crippen LogP contribution in [0.5, 0.6) is 0 Å². The first-order valence-electron chi connectivity index (χ1n) is 6.68. The molecule has 1 aromatic rings. The van der Waals surface area contributed by atoms with Crippen molar-refractivity contribution in [1.29, 1.82) is 0 Å². The molecule has 1 aromatic carbocycles. The summed E-state index contributed by atoms with van der Waals surface area (Å²) >= 11 is 5.95. The third-order valence-electron chi connectivity index (χ3n) is 3.31. The van der Waals surface area contributed by atoms with Crippen molar-refractivity contribution in [1.82, 2.24) is 10.6 Å². The number of benzene rings is 1. The largest absolute Gasteiger partial charge is 0.390 e. The lowest BCUT2D eigenvalue weighted by atomic mass is 10.1. The molecule has 0 spiro atoms. The minimum atomic E-state index is -4.16. The average Bonchev–Trinajstić information content (AvgIpc) is 3.15. The van der Waals surface area contributed by atoms with Gasteiger partial charge in [-0.25, -0.2) is 0 Å². The van der Waals surface area contributed by atoms with E-state index in [2.05, 4.69) is 15.6 Å². The van der Waals surface area contributed by atoms with Gasteiger partial charge in [0.2, 0.25) is 0 Å². The summed E-state index contributed by atoms with van der Waals surface area (Å²) in [6.07, 6.45) is -4.12. The molecule has 3 nitrogen and oxygen atoms in total. The molecule has 7 heteroatoms. The van der Waals surface area contributed by atoms with E-state index in [-0.39, 0.29) is 12.6 Å². The Kier molecular flexibility index (Phi) is 4.98. The Balaban J connectivity index is 1.80. The molecule has 0 aliphatic heterocycles. The van der Waals surface area contributed by atoms with Crippen LogP contribution >= 0.6 is 11.6 Å². The van der Waals surface area contributed by atoms with E-state index < -0.39 is 12.6 Å². The average molecular weight is 320 g/mol. The number of nitrogens with one attached hydrogen (secondary N) is 2. The first-order chi connectivity index (χ1) is 9.89. The summed E-state index contributed by atoms with van der Waals surface area (Å²) in [5.74, 6) is 0.721. The molecule has 1 aliphatic rings. The third kappa shape index (κ3) is 5.12. The molecule has 2 rings (SSSR count). The van der Waals surface area contributed by atoms with Crippen LogP contribution < -0.4 is 10.6 Å². The molecule has 2 N–H and O–H groups in total. The van der Waals surface area contributed by atoms with Gasteiger partial charge < -0.3 is 10.6 Å². The fourth-order valence-electron chi connectivity index (χ4n) is 2.15. The van der Waals surface area contributed by atoms with Crippen LogP contribution in [0.3, 0.4) is 0 Å². The molecule has 21 heavy (non-hydrogen) atoms. The highest BCUT2D eigenvalue weighted by Gasteiger charge is 2.39. The number of guanidine groups is 1. The minimum Gasteiger partial charge on any atom is -0.356 e. The number of rotatable bonds is 4. The molecule has 0 bridgehead atoms. The van der Waals surface area contributed by atoms with Crippen molar-refractivity contribution < 1.29 is 13.2 Å². The van der Waals surface area contributed by atoms with Gasteiger partial charge in [0, 0.05) is 30.6 Å². The van der Waals surface area contributed by atoms with E-state index in [1.54, 1.807) is 7.05 Å². The number of nitrogens with zero attached hydrogens (tertiary/aromatic N) is 1. The zero-order valence-corrected chi connectivity index (χ0v) is 12.3. The Morgan fingerprint density at radius 3 is 2.81 bits per heavy atom. The highest BCUT2D eigenvalue weighted by molar-refractivity contribution is 6.30. The summed E-state index contributed by atoms with van der Waals surface area (Å²) in [5.41, 5.74) is 1.13. The van der Waals surface area contributed by atoms with E-state index in [0.29, 0.717) is 16.9 Å². The van der Waals surface area contributed by atoms with Crippen LogP contribution in [0, 0.1) is 0 Å². The third-order valence-corrected chi connectivity index (χ3v) is 3.55. The number of alkyl halides is 3. The van der Waals surface area contributed by atoms with Crippen LogP contribution in [-0.4, -0.2) is 31.8 Å². The first kappa shape index (κ1) is 15.9. The zero-order chi connectivity index (χ0) is 15.5. The smallest absolute Gasteiger partial charge is 0.356 e. The molecular weight excluding hydrogens is 303 g/mol. The second kappa shape index (κ2) is 6.56. The molecule has 2 atom stereocenters. The monoisotopic (exact) mass is 319 g/mol. The van der Waals surface area contributed by atoms with Crippen molar-refractivity contribution >= 4 is 17.6 Å². The molecule has 1 aliphatic carbocycles. The summed E-state index contributed by atoms with van der Waals surface area (Å²) in [6.45, 7) is -0.183. The van der Waals surface area contributed by atoms with Gasteiger partial charge >= 0.3 is 6.18 Å². The van der Waals surface area contributed by atoms with E-state index in [1.165, 1.54) is 0 Å². The standard InChI is InChI=1S/C14H17ClF3N3/c1-19-13(20-6-5-14(16,17)18)21-12-8-11(12)9-3-2-4-10(15)7-9/h2-4,7,11-12H,5-6,8H2,1H3,(H2,19,20,21). The Morgan fingerprint density at radius 1 is 1.43 bits per heavy atom. The van der Waals surface area contributed by atoms with E-state index in [9.17, 15) is 13.2 Å². The van der Waals surface area contributed by atoms with Crippen molar-refractivity contribution in [3.8, 4) is 0 Å². The molecule has 0 amide bonds. The van der Waals surface area contributed by atoms with Crippen LogP contribution in [0.1, 0.15) is 24.3 Å². The molecule has 2 unspecified atom stereocenters. The Hall–Kier alpha value is -1.43. The fraction of sp³-hybridized carbons (Fsp3) is 0.500. The van der Waals surface area contributed by atoms with Crippen LogP contribution in [0.25, 0.3) is 0 Å². The number of hydrogen-bond donors (Lipinski definition) is 2. The van der Waals surface area contributed by atoms with Crippen molar-refractivity contribution in [3.63, 3.8) is 0 Å². The van der Waals surface area contributed by atoms with Crippen LogP contribution in [0.15, 0.2) is 29.3 Å². The molecule has 116 valence electrons. The van der Waals surface area contributed by atoms with Crippen molar-refractivity contribution in [2.75, 3.05) is 13.6 Å². The van der Waals surface area contributed by atoms with Crippen molar-refractivity contribution in [2.45, 2.75) is 31.0 Å². The van der Waals surface area contributed by atoms with Gasteiger partial charge in [-0.05, 0) is 24.1 Å². The van der Waals surface area contributed by atoms with Gasteiger partial charge in [-0.1, -0.05) is 23.7 Å². The van der Waals surface area contributed by atoms with Gasteiger partial charge in [0.15, 0.2) is 5.96 Å². The van der Waals surface area contributed by atoms with Crippen LogP contribution in [-0.2, 0) is 0 Å². The lowest BCUT2D eigenvalue weighted by molar-refractivity contribution is -0.132. The van der Waals surface area contributed by atoms with Crippen molar-refractivity contribution in [3.05, 3.63) is 34.9 Å². The van der Waals surface area contributed by atoms with E-state index in [0.717, 1.165) is 12.0 Å². The molecule has 1 fully saturated rings. The summed E-state index contributed by atoms with van der Waals surface area (Å²) in [7, 11) is 1.54. The van der Waals surface area contributed by atoms with Crippen LogP contribution in [0.2, 0.25) is 5.02 Å². The van der Waals surface area contributed by atoms with Gasteiger partial charge in [0.05, 0.1) is 6.42 Å². The SMILES string of the molecule is CN=C(NCCC(F)(F)F)NC1CC1c1cccc(Cl)c1. The summed E-state index contributed by atoms with van der Waals surface area (Å²) in [4.78, 5) is 3.93. The molecule has 0 saturated heterocycles. The minimum absolute atomic E-state index is 0.181. The molecule has 0 radical (unpaired) electrons. The Bertz CT molecular complexity index is 516. The summed E-state index contributed by atoms with van der Waals surface area (Å²) < 4.78 is 36.3. The van der Waals surface area contributed by atoms with Gasteiger partial charge in [0.1, 0.15) is 0 Å². The maximum Gasteiger partial charge on any atom is 0.390 e. The number of halogens is 4. The molecule has 0 heterocycles.